The van der Waals surface area contributed by atoms with Crippen LogP contribution in [-0.2, 0) is 0 Å². The average molecular weight is 304 g/mol. The highest BCUT2D eigenvalue weighted by molar-refractivity contribution is 6.35. The first kappa shape index (κ1) is 13.8. The van der Waals surface area contributed by atoms with Crippen LogP contribution in [0.2, 0.25) is 5.02 Å². The summed E-state index contributed by atoms with van der Waals surface area (Å²) >= 11 is 6.20. The molecule has 0 unspecified atom stereocenters. The van der Waals surface area contributed by atoms with E-state index < -0.39 is 5.97 Å². The fourth-order valence-electron chi connectivity index (χ4n) is 2.11. The van der Waals surface area contributed by atoms with E-state index in [1.807, 2.05) is 37.4 Å². The van der Waals surface area contributed by atoms with Gasteiger partial charge in [0.1, 0.15) is 10.8 Å². The van der Waals surface area contributed by atoms with Crippen LogP contribution in [0.25, 0.3) is 0 Å². The largest absolute Gasteiger partial charge is 0.476 e. The van der Waals surface area contributed by atoms with Crippen molar-refractivity contribution in [3.8, 4) is 0 Å². The van der Waals surface area contributed by atoms with E-state index in [0.717, 1.165) is 18.5 Å². The second kappa shape index (κ2) is 5.33. The Kier molecular flexibility index (Phi) is 3.51. The van der Waals surface area contributed by atoms with E-state index >= 15 is 0 Å². The quantitative estimate of drug-likeness (QED) is 0.936. The lowest BCUT2D eigenvalue weighted by atomic mass is 10.2. The first-order valence-electron chi connectivity index (χ1n) is 6.67. The Hall–Kier alpha value is -2.14. The lowest BCUT2D eigenvalue weighted by Crippen LogP contribution is -2.16. The van der Waals surface area contributed by atoms with Gasteiger partial charge in [-0.25, -0.2) is 14.8 Å². The van der Waals surface area contributed by atoms with E-state index in [2.05, 4.69) is 9.97 Å². The molecule has 1 saturated carbocycles. The Labute approximate surface area is 127 Å². The molecular weight excluding hydrogens is 290 g/mol. The van der Waals surface area contributed by atoms with Crippen LogP contribution < -0.4 is 4.90 Å². The van der Waals surface area contributed by atoms with Crippen molar-refractivity contribution in [1.29, 1.82) is 0 Å². The van der Waals surface area contributed by atoms with Crippen LogP contribution in [0.15, 0.2) is 30.3 Å². The number of benzene rings is 1. The van der Waals surface area contributed by atoms with Gasteiger partial charge in [0.15, 0.2) is 11.5 Å². The molecule has 1 fully saturated rings. The number of halogens is 1. The first-order valence-corrected chi connectivity index (χ1v) is 7.05. The van der Waals surface area contributed by atoms with Gasteiger partial charge >= 0.3 is 5.97 Å². The summed E-state index contributed by atoms with van der Waals surface area (Å²) in [5.41, 5.74) is 0.752. The molecule has 5 nitrogen and oxygen atoms in total. The SMILES string of the molecule is CN(c1ccccc1)c1nc(C2CC2)nc(C(=O)O)c1Cl. The molecule has 0 radical (unpaired) electrons. The molecule has 0 bridgehead atoms. The molecule has 0 aliphatic heterocycles. The molecule has 0 spiro atoms. The first-order chi connectivity index (χ1) is 10.1. The highest BCUT2D eigenvalue weighted by Gasteiger charge is 2.30. The van der Waals surface area contributed by atoms with Crippen LogP contribution in [0.1, 0.15) is 35.1 Å². The number of para-hydroxylation sites is 1. The number of nitrogens with zero attached hydrogens (tertiary/aromatic N) is 3. The second-order valence-electron chi connectivity index (χ2n) is 5.04. The Balaban J connectivity index is 2.10. The maximum absolute atomic E-state index is 11.3. The van der Waals surface area contributed by atoms with Crippen molar-refractivity contribution < 1.29 is 9.90 Å². The summed E-state index contributed by atoms with van der Waals surface area (Å²) in [6.07, 6.45) is 1.99. The smallest absolute Gasteiger partial charge is 0.356 e. The molecule has 108 valence electrons. The van der Waals surface area contributed by atoms with E-state index in [-0.39, 0.29) is 16.6 Å². The third kappa shape index (κ3) is 2.69. The molecule has 6 heteroatoms. The molecule has 0 amide bonds. The number of carbonyl (C=O) groups is 1. The molecule has 1 aromatic heterocycles. The van der Waals surface area contributed by atoms with E-state index in [9.17, 15) is 9.90 Å². The van der Waals surface area contributed by atoms with E-state index in [0.29, 0.717) is 11.6 Å². The number of hydrogen-bond acceptors (Lipinski definition) is 4. The summed E-state index contributed by atoms with van der Waals surface area (Å²) in [7, 11) is 1.81. The Bertz CT molecular complexity index is 687. The van der Waals surface area contributed by atoms with Crippen LogP contribution >= 0.6 is 11.6 Å². The van der Waals surface area contributed by atoms with E-state index in [1.54, 1.807) is 4.90 Å². The molecule has 1 aliphatic carbocycles. The number of anilines is 2. The van der Waals surface area contributed by atoms with Crippen molar-refractivity contribution in [2.75, 3.05) is 11.9 Å². The highest BCUT2D eigenvalue weighted by atomic mass is 35.5. The molecule has 21 heavy (non-hydrogen) atoms. The summed E-state index contributed by atoms with van der Waals surface area (Å²) in [4.78, 5) is 21.7. The van der Waals surface area contributed by atoms with Crippen LogP contribution in [-0.4, -0.2) is 28.1 Å². The second-order valence-corrected chi connectivity index (χ2v) is 5.42. The van der Waals surface area contributed by atoms with Gasteiger partial charge in [0.2, 0.25) is 0 Å². The molecule has 3 rings (SSSR count). The molecule has 1 heterocycles. The van der Waals surface area contributed by atoms with Crippen molar-refractivity contribution in [3.63, 3.8) is 0 Å². The standard InChI is InChI=1S/C15H14ClN3O2/c1-19(10-5-3-2-4-6-10)14-11(16)12(15(20)21)17-13(18-14)9-7-8-9/h2-6,9H,7-8H2,1H3,(H,20,21). The number of rotatable bonds is 4. The summed E-state index contributed by atoms with van der Waals surface area (Å²) in [5, 5.41) is 9.34. The molecule has 1 aliphatic rings. The molecule has 0 atom stereocenters. The molecule has 2 aromatic rings. The topological polar surface area (TPSA) is 66.3 Å². The van der Waals surface area contributed by atoms with E-state index in [4.69, 9.17) is 11.6 Å². The highest BCUT2D eigenvalue weighted by Crippen LogP contribution is 2.40. The number of carboxylic acids is 1. The van der Waals surface area contributed by atoms with Gasteiger partial charge in [-0.2, -0.15) is 0 Å². The van der Waals surface area contributed by atoms with Gasteiger partial charge in [0.25, 0.3) is 0 Å². The summed E-state index contributed by atoms with van der Waals surface area (Å²) in [5.74, 6) is 0.113. The zero-order valence-corrected chi connectivity index (χ0v) is 12.2. The minimum Gasteiger partial charge on any atom is -0.476 e. The lowest BCUT2D eigenvalue weighted by molar-refractivity contribution is 0.0690. The summed E-state index contributed by atoms with van der Waals surface area (Å²) in [6.45, 7) is 0. The zero-order chi connectivity index (χ0) is 15.0. The molecule has 1 aromatic carbocycles. The number of aromatic carboxylic acids is 1. The maximum atomic E-state index is 11.3. The normalized spacial score (nSPS) is 14.0. The molecule has 1 N–H and O–H groups in total. The van der Waals surface area contributed by atoms with Gasteiger partial charge in [-0.05, 0) is 25.0 Å². The van der Waals surface area contributed by atoms with Crippen molar-refractivity contribution in [3.05, 3.63) is 46.9 Å². The third-order valence-electron chi connectivity index (χ3n) is 3.46. The van der Waals surface area contributed by atoms with Crippen molar-refractivity contribution >= 4 is 29.1 Å². The number of aromatic nitrogens is 2. The van der Waals surface area contributed by atoms with Crippen LogP contribution in [0, 0.1) is 0 Å². The van der Waals surface area contributed by atoms with Gasteiger partial charge in [0, 0.05) is 18.7 Å². The van der Waals surface area contributed by atoms with Gasteiger partial charge in [0.05, 0.1) is 0 Å². The predicted octanol–water partition coefficient (Wildman–Crippen LogP) is 3.47. The van der Waals surface area contributed by atoms with Crippen molar-refractivity contribution in [2.24, 2.45) is 0 Å². The zero-order valence-electron chi connectivity index (χ0n) is 11.5. The van der Waals surface area contributed by atoms with Gasteiger partial charge in [-0.15, -0.1) is 0 Å². The fraction of sp³-hybridized carbons (Fsp3) is 0.267. The van der Waals surface area contributed by atoms with Crippen molar-refractivity contribution in [2.45, 2.75) is 18.8 Å². The summed E-state index contributed by atoms with van der Waals surface area (Å²) < 4.78 is 0. The maximum Gasteiger partial charge on any atom is 0.356 e. The van der Waals surface area contributed by atoms with Gasteiger partial charge in [-0.3, -0.25) is 0 Å². The van der Waals surface area contributed by atoms with Crippen LogP contribution in [0.3, 0.4) is 0 Å². The Morgan fingerprint density at radius 2 is 1.95 bits per heavy atom. The van der Waals surface area contributed by atoms with Crippen LogP contribution in [0.4, 0.5) is 11.5 Å². The van der Waals surface area contributed by atoms with Gasteiger partial charge < -0.3 is 10.0 Å². The van der Waals surface area contributed by atoms with E-state index in [1.165, 1.54) is 0 Å². The number of hydrogen-bond donors (Lipinski definition) is 1. The molecular formula is C15H14ClN3O2. The minimum atomic E-state index is -1.13. The average Bonchev–Trinajstić information content (AvgIpc) is 3.32. The van der Waals surface area contributed by atoms with Crippen LogP contribution in [0.5, 0.6) is 0 Å². The third-order valence-corrected chi connectivity index (χ3v) is 3.81. The number of carboxylic acid groups (broad SMARTS) is 1. The fourth-order valence-corrected chi connectivity index (χ4v) is 2.41. The Morgan fingerprint density at radius 1 is 1.29 bits per heavy atom. The van der Waals surface area contributed by atoms with Crippen molar-refractivity contribution in [1.82, 2.24) is 9.97 Å². The lowest BCUT2D eigenvalue weighted by Gasteiger charge is -2.20. The summed E-state index contributed by atoms with van der Waals surface area (Å²) in [6, 6.07) is 9.55. The predicted molar refractivity (Wildman–Crippen MR) is 80.5 cm³/mol. The minimum absolute atomic E-state index is 0.0678. The monoisotopic (exact) mass is 303 g/mol. The molecule has 0 saturated heterocycles. The van der Waals surface area contributed by atoms with Gasteiger partial charge in [-0.1, -0.05) is 29.8 Å². The Morgan fingerprint density at radius 3 is 2.52 bits per heavy atom.